The van der Waals surface area contributed by atoms with Crippen molar-refractivity contribution in [2.45, 2.75) is 13.3 Å². The van der Waals surface area contributed by atoms with Crippen molar-refractivity contribution in [3.8, 4) is 6.07 Å². The normalized spacial score (nSPS) is 9.95. The van der Waals surface area contributed by atoms with Gasteiger partial charge in [-0.05, 0) is 24.6 Å². The highest BCUT2D eigenvalue weighted by Crippen LogP contribution is 2.24. The van der Waals surface area contributed by atoms with E-state index in [-0.39, 0.29) is 5.95 Å². The molecule has 1 aromatic heterocycles. The first-order valence-electron chi connectivity index (χ1n) is 6.47. The summed E-state index contributed by atoms with van der Waals surface area (Å²) in [6, 6.07) is 9.29. The first kappa shape index (κ1) is 15.1. The number of hydrogen-bond acceptors (Lipinski definition) is 6. The van der Waals surface area contributed by atoms with Crippen LogP contribution in [-0.2, 0) is 0 Å². The minimum atomic E-state index is 0.175. The molecular weight excluding hydrogens is 332 g/mol. The largest absolute Gasteiger partial charge is 0.370 e. The standard InChI is InChI=1S/C14H15BrN6/c1-2-5-18-12-7-13(21-14(17)20-12)19-11-4-3-10(15)6-9(11)8-16/h3-4,6-7H,2,5H2,1H3,(H4,17,18,19,20,21). The minimum Gasteiger partial charge on any atom is -0.370 e. The third-order valence-corrected chi connectivity index (χ3v) is 3.16. The Morgan fingerprint density at radius 2 is 2.05 bits per heavy atom. The van der Waals surface area contributed by atoms with Gasteiger partial charge in [-0.1, -0.05) is 22.9 Å². The molecule has 0 fully saturated rings. The molecule has 0 aliphatic rings. The van der Waals surface area contributed by atoms with Crippen LogP contribution in [0.1, 0.15) is 18.9 Å². The predicted molar refractivity (Wildman–Crippen MR) is 87.4 cm³/mol. The van der Waals surface area contributed by atoms with E-state index in [0.29, 0.717) is 22.9 Å². The summed E-state index contributed by atoms with van der Waals surface area (Å²) in [4.78, 5) is 8.24. The van der Waals surface area contributed by atoms with Crippen LogP contribution in [0.25, 0.3) is 0 Å². The van der Waals surface area contributed by atoms with Crippen LogP contribution in [0.3, 0.4) is 0 Å². The van der Waals surface area contributed by atoms with Crippen LogP contribution in [0, 0.1) is 11.3 Å². The van der Waals surface area contributed by atoms with Gasteiger partial charge in [0.2, 0.25) is 5.95 Å². The maximum absolute atomic E-state index is 9.17. The van der Waals surface area contributed by atoms with E-state index in [9.17, 15) is 0 Å². The maximum Gasteiger partial charge on any atom is 0.223 e. The molecule has 1 aromatic carbocycles. The molecule has 0 aliphatic heterocycles. The smallest absolute Gasteiger partial charge is 0.223 e. The lowest BCUT2D eigenvalue weighted by atomic mass is 10.2. The summed E-state index contributed by atoms with van der Waals surface area (Å²) in [5.74, 6) is 1.37. The number of hydrogen-bond donors (Lipinski definition) is 3. The van der Waals surface area contributed by atoms with Gasteiger partial charge in [0.05, 0.1) is 11.3 Å². The van der Waals surface area contributed by atoms with Crippen LogP contribution < -0.4 is 16.4 Å². The topological polar surface area (TPSA) is 99.6 Å². The Hall–Kier alpha value is -2.33. The van der Waals surface area contributed by atoms with E-state index in [2.05, 4.69) is 49.5 Å². The Morgan fingerprint density at radius 3 is 2.76 bits per heavy atom. The molecule has 4 N–H and O–H groups in total. The molecular formula is C14H15BrN6. The first-order valence-corrected chi connectivity index (χ1v) is 7.26. The highest BCUT2D eigenvalue weighted by Gasteiger charge is 2.06. The fourth-order valence-electron chi connectivity index (χ4n) is 1.73. The molecule has 6 nitrogen and oxygen atoms in total. The highest BCUT2D eigenvalue weighted by atomic mass is 79.9. The second-order valence-electron chi connectivity index (χ2n) is 4.35. The summed E-state index contributed by atoms with van der Waals surface area (Å²) >= 11 is 3.34. The monoisotopic (exact) mass is 346 g/mol. The van der Waals surface area contributed by atoms with Crippen molar-refractivity contribution in [3.63, 3.8) is 0 Å². The maximum atomic E-state index is 9.17. The van der Waals surface area contributed by atoms with E-state index >= 15 is 0 Å². The van der Waals surface area contributed by atoms with Crippen LogP contribution in [0.5, 0.6) is 0 Å². The lowest BCUT2D eigenvalue weighted by molar-refractivity contribution is 0.967. The molecule has 0 bridgehead atoms. The van der Waals surface area contributed by atoms with E-state index in [4.69, 9.17) is 11.0 Å². The van der Waals surface area contributed by atoms with Crippen molar-refractivity contribution in [1.29, 1.82) is 5.26 Å². The number of nitrogens with zero attached hydrogens (tertiary/aromatic N) is 3. The first-order chi connectivity index (χ1) is 10.1. The van der Waals surface area contributed by atoms with Gasteiger partial charge < -0.3 is 16.4 Å². The molecule has 0 amide bonds. The second-order valence-corrected chi connectivity index (χ2v) is 5.27. The van der Waals surface area contributed by atoms with Crippen molar-refractivity contribution >= 4 is 39.2 Å². The minimum absolute atomic E-state index is 0.175. The average Bonchev–Trinajstić information content (AvgIpc) is 2.46. The molecule has 0 unspecified atom stereocenters. The van der Waals surface area contributed by atoms with Gasteiger partial charge in [0.1, 0.15) is 17.7 Å². The number of nitrogen functional groups attached to an aromatic ring is 1. The van der Waals surface area contributed by atoms with Crippen LogP contribution in [0.15, 0.2) is 28.7 Å². The lowest BCUT2D eigenvalue weighted by Gasteiger charge is -2.10. The molecule has 0 saturated carbocycles. The van der Waals surface area contributed by atoms with Crippen LogP contribution in [0.2, 0.25) is 0 Å². The molecule has 0 saturated heterocycles. The van der Waals surface area contributed by atoms with Gasteiger partial charge in [0.15, 0.2) is 0 Å². The molecule has 108 valence electrons. The van der Waals surface area contributed by atoms with Crippen molar-refractivity contribution < 1.29 is 0 Å². The van der Waals surface area contributed by atoms with Gasteiger partial charge in [0.25, 0.3) is 0 Å². The number of nitriles is 1. The summed E-state index contributed by atoms with van der Waals surface area (Å²) in [7, 11) is 0. The van der Waals surface area contributed by atoms with Crippen LogP contribution >= 0.6 is 15.9 Å². The molecule has 0 spiro atoms. The zero-order valence-electron chi connectivity index (χ0n) is 11.5. The molecule has 21 heavy (non-hydrogen) atoms. The summed E-state index contributed by atoms with van der Waals surface area (Å²) < 4.78 is 0.845. The SMILES string of the molecule is CCCNc1cc(Nc2ccc(Br)cc2C#N)nc(N)n1. The van der Waals surface area contributed by atoms with Gasteiger partial charge in [-0.3, -0.25) is 0 Å². The molecule has 0 radical (unpaired) electrons. The van der Waals surface area contributed by atoms with E-state index in [1.807, 2.05) is 6.07 Å². The summed E-state index contributed by atoms with van der Waals surface area (Å²) in [6.45, 7) is 2.87. The van der Waals surface area contributed by atoms with Crippen LogP contribution in [0.4, 0.5) is 23.3 Å². The molecule has 1 heterocycles. The number of aromatic nitrogens is 2. The van der Waals surface area contributed by atoms with E-state index in [1.54, 1.807) is 18.2 Å². The Bertz CT molecular complexity index is 680. The number of benzene rings is 1. The van der Waals surface area contributed by atoms with Crippen molar-refractivity contribution in [3.05, 3.63) is 34.3 Å². The highest BCUT2D eigenvalue weighted by molar-refractivity contribution is 9.10. The summed E-state index contributed by atoms with van der Waals surface area (Å²) in [5, 5.41) is 15.4. The quantitative estimate of drug-likeness (QED) is 0.768. The van der Waals surface area contributed by atoms with E-state index < -0.39 is 0 Å². The Labute approximate surface area is 131 Å². The zero-order chi connectivity index (χ0) is 15.2. The predicted octanol–water partition coefficient (Wildman–Crippen LogP) is 3.26. The van der Waals surface area contributed by atoms with Crippen molar-refractivity contribution in [1.82, 2.24) is 9.97 Å². The molecule has 2 aromatic rings. The fraction of sp³-hybridized carbons (Fsp3) is 0.214. The zero-order valence-corrected chi connectivity index (χ0v) is 13.1. The number of nitrogens with one attached hydrogen (secondary N) is 2. The summed E-state index contributed by atoms with van der Waals surface area (Å²) in [5.41, 5.74) is 6.89. The fourth-order valence-corrected chi connectivity index (χ4v) is 2.09. The van der Waals surface area contributed by atoms with Gasteiger partial charge in [-0.15, -0.1) is 0 Å². The van der Waals surface area contributed by atoms with Crippen LogP contribution in [-0.4, -0.2) is 16.5 Å². The molecule has 0 atom stereocenters. The number of rotatable bonds is 5. The van der Waals surface area contributed by atoms with Gasteiger partial charge >= 0.3 is 0 Å². The second kappa shape index (κ2) is 6.90. The van der Waals surface area contributed by atoms with Crippen molar-refractivity contribution in [2.75, 3.05) is 22.9 Å². The number of halogens is 1. The lowest BCUT2D eigenvalue weighted by Crippen LogP contribution is -2.07. The van der Waals surface area contributed by atoms with Crippen molar-refractivity contribution in [2.24, 2.45) is 0 Å². The Morgan fingerprint density at radius 1 is 1.29 bits per heavy atom. The Kier molecular flexibility index (Phi) is 4.95. The van der Waals surface area contributed by atoms with Gasteiger partial charge in [-0.2, -0.15) is 15.2 Å². The molecule has 0 aliphatic carbocycles. The van der Waals surface area contributed by atoms with E-state index in [1.165, 1.54) is 0 Å². The van der Waals surface area contributed by atoms with E-state index in [0.717, 1.165) is 17.4 Å². The van der Waals surface area contributed by atoms with Gasteiger partial charge in [-0.25, -0.2) is 0 Å². The Balaban J connectivity index is 2.27. The molecule has 7 heteroatoms. The molecule has 2 rings (SSSR count). The number of anilines is 4. The third-order valence-electron chi connectivity index (χ3n) is 2.66. The third kappa shape index (κ3) is 4.07. The number of nitrogens with two attached hydrogens (primary N) is 1. The summed E-state index contributed by atoms with van der Waals surface area (Å²) in [6.07, 6.45) is 0.984. The van der Waals surface area contributed by atoms with Gasteiger partial charge in [0, 0.05) is 17.1 Å². The average molecular weight is 347 g/mol.